The maximum absolute atomic E-state index is 12.9. The summed E-state index contributed by atoms with van der Waals surface area (Å²) in [7, 11) is 0. The van der Waals surface area contributed by atoms with E-state index in [9.17, 15) is 14.7 Å². The minimum absolute atomic E-state index is 0.186. The van der Waals surface area contributed by atoms with Gasteiger partial charge < -0.3 is 19.5 Å². The Hall–Kier alpha value is -3.09. The van der Waals surface area contributed by atoms with Crippen LogP contribution in [0.3, 0.4) is 0 Å². The van der Waals surface area contributed by atoms with Crippen molar-refractivity contribution in [1.29, 1.82) is 0 Å². The topological polar surface area (TPSA) is 89.0 Å². The molecule has 1 aliphatic heterocycles. The molecule has 1 aromatic carbocycles. The number of benzene rings is 1. The first-order chi connectivity index (χ1) is 14.6. The third-order valence-corrected chi connectivity index (χ3v) is 5.69. The van der Waals surface area contributed by atoms with Crippen molar-refractivity contribution in [3.8, 4) is 11.5 Å². The third kappa shape index (κ3) is 4.10. The summed E-state index contributed by atoms with van der Waals surface area (Å²) in [5.41, 5.74) is 1.91. The van der Waals surface area contributed by atoms with Crippen molar-refractivity contribution >= 4 is 11.9 Å². The van der Waals surface area contributed by atoms with Crippen molar-refractivity contribution < 1.29 is 24.2 Å². The van der Waals surface area contributed by atoms with Crippen LogP contribution in [0, 0.1) is 0 Å². The lowest BCUT2D eigenvalue weighted by Crippen LogP contribution is -2.31. The Morgan fingerprint density at radius 2 is 2.07 bits per heavy atom. The Bertz CT molecular complexity index is 939. The van der Waals surface area contributed by atoms with Gasteiger partial charge in [0.05, 0.1) is 43.0 Å². The average Bonchev–Trinajstić information content (AvgIpc) is 3.36. The van der Waals surface area contributed by atoms with E-state index in [1.807, 2.05) is 25.1 Å². The molecule has 2 aromatic rings. The second-order valence-corrected chi connectivity index (χ2v) is 7.71. The van der Waals surface area contributed by atoms with Crippen LogP contribution in [0.5, 0.6) is 11.5 Å². The van der Waals surface area contributed by atoms with Crippen molar-refractivity contribution in [2.45, 2.75) is 57.7 Å². The smallest absolute Gasteiger partial charge is 0.305 e. The van der Waals surface area contributed by atoms with E-state index in [-0.39, 0.29) is 25.0 Å². The van der Waals surface area contributed by atoms with Gasteiger partial charge in [-0.25, -0.2) is 0 Å². The molecule has 0 radical (unpaired) electrons. The number of hydrogen-bond acceptors (Lipinski definition) is 5. The molecule has 1 unspecified atom stereocenters. The van der Waals surface area contributed by atoms with Gasteiger partial charge in [0.25, 0.3) is 5.91 Å². The minimum Gasteiger partial charge on any atom is -0.490 e. The molecule has 1 saturated carbocycles. The lowest BCUT2D eigenvalue weighted by Gasteiger charge is -2.28. The molecule has 1 amide bonds. The van der Waals surface area contributed by atoms with E-state index < -0.39 is 12.0 Å². The quantitative estimate of drug-likeness (QED) is 0.708. The SMILES string of the molecule is CCOc1cc(C(CC(=O)O)N2Cc3ncccc3C2=O)ccc1OC1CCCC1. The number of amides is 1. The zero-order chi connectivity index (χ0) is 21.1. The number of carbonyl (C=O) groups excluding carboxylic acids is 1. The molecule has 2 heterocycles. The summed E-state index contributed by atoms with van der Waals surface area (Å²) >= 11 is 0. The summed E-state index contributed by atoms with van der Waals surface area (Å²) in [6.45, 7) is 2.65. The van der Waals surface area contributed by atoms with Gasteiger partial charge in [0.1, 0.15) is 0 Å². The summed E-state index contributed by atoms with van der Waals surface area (Å²) in [6, 6.07) is 8.31. The zero-order valence-corrected chi connectivity index (χ0v) is 17.0. The first-order valence-electron chi connectivity index (χ1n) is 10.5. The second-order valence-electron chi connectivity index (χ2n) is 7.71. The van der Waals surface area contributed by atoms with Crippen LogP contribution in [-0.2, 0) is 11.3 Å². The number of carbonyl (C=O) groups is 2. The molecule has 0 saturated heterocycles. The number of carboxylic acids is 1. The molecule has 1 fully saturated rings. The Kier molecular flexibility index (Phi) is 5.88. The lowest BCUT2D eigenvalue weighted by molar-refractivity contribution is -0.138. The van der Waals surface area contributed by atoms with Crippen molar-refractivity contribution in [2.24, 2.45) is 0 Å². The van der Waals surface area contributed by atoms with Crippen LogP contribution in [-0.4, -0.2) is 39.6 Å². The standard InChI is InChI=1S/C23H26N2O5/c1-2-29-21-12-15(9-10-20(21)30-16-6-3-4-7-16)19(13-22(26)27)25-14-18-17(23(25)28)8-5-11-24-18/h5,8-12,16,19H,2-4,6-7,13-14H2,1H3,(H,26,27). The van der Waals surface area contributed by atoms with Gasteiger partial charge in [-0.15, -0.1) is 0 Å². The van der Waals surface area contributed by atoms with E-state index in [0.29, 0.717) is 34.9 Å². The van der Waals surface area contributed by atoms with Gasteiger partial charge in [-0.05, 0) is 62.4 Å². The molecule has 7 heteroatoms. The van der Waals surface area contributed by atoms with E-state index in [4.69, 9.17) is 9.47 Å². The Labute approximate surface area is 175 Å². The second kappa shape index (κ2) is 8.73. The molecule has 158 valence electrons. The number of hydrogen-bond donors (Lipinski definition) is 1. The number of aliphatic carboxylic acids is 1. The normalized spacial score (nSPS) is 17.1. The van der Waals surface area contributed by atoms with Crippen LogP contribution in [0.2, 0.25) is 0 Å². The lowest BCUT2D eigenvalue weighted by atomic mass is 10.0. The van der Waals surface area contributed by atoms with Crippen molar-refractivity contribution in [2.75, 3.05) is 6.61 Å². The van der Waals surface area contributed by atoms with Gasteiger partial charge in [-0.2, -0.15) is 0 Å². The maximum atomic E-state index is 12.9. The molecule has 2 aliphatic rings. The highest BCUT2D eigenvalue weighted by Gasteiger charge is 2.35. The number of fused-ring (bicyclic) bond motifs is 1. The molecule has 1 aromatic heterocycles. The average molecular weight is 410 g/mol. The fraction of sp³-hybridized carbons (Fsp3) is 0.435. The number of rotatable bonds is 8. The maximum Gasteiger partial charge on any atom is 0.305 e. The molecule has 0 bridgehead atoms. The molecule has 1 atom stereocenters. The molecule has 1 N–H and O–H groups in total. The van der Waals surface area contributed by atoms with Crippen molar-refractivity contribution in [3.05, 3.63) is 53.3 Å². The molecular formula is C23H26N2O5. The third-order valence-electron chi connectivity index (χ3n) is 5.69. The van der Waals surface area contributed by atoms with Crippen molar-refractivity contribution in [1.82, 2.24) is 9.88 Å². The van der Waals surface area contributed by atoms with E-state index in [0.717, 1.165) is 12.8 Å². The molecule has 0 spiro atoms. The first-order valence-corrected chi connectivity index (χ1v) is 10.5. The largest absolute Gasteiger partial charge is 0.490 e. The summed E-state index contributed by atoms with van der Waals surface area (Å²) in [6.07, 6.45) is 6.02. The van der Waals surface area contributed by atoms with Crippen molar-refractivity contribution in [3.63, 3.8) is 0 Å². The van der Waals surface area contributed by atoms with Gasteiger partial charge >= 0.3 is 5.97 Å². The summed E-state index contributed by atoms with van der Waals surface area (Å²) in [4.78, 5) is 30.4. The number of pyridine rings is 1. The number of ether oxygens (including phenoxy) is 2. The van der Waals surface area contributed by atoms with Gasteiger partial charge in [0.2, 0.25) is 0 Å². The molecule has 7 nitrogen and oxygen atoms in total. The Morgan fingerprint density at radius 3 is 2.77 bits per heavy atom. The molecular weight excluding hydrogens is 384 g/mol. The van der Waals surface area contributed by atoms with E-state index in [1.165, 1.54) is 12.8 Å². The molecule has 30 heavy (non-hydrogen) atoms. The Morgan fingerprint density at radius 1 is 1.27 bits per heavy atom. The molecule has 4 rings (SSSR count). The Balaban J connectivity index is 1.64. The van der Waals surface area contributed by atoms with Crippen LogP contribution in [0.1, 0.15) is 66.7 Å². The monoisotopic (exact) mass is 410 g/mol. The first kappa shape index (κ1) is 20.2. The summed E-state index contributed by atoms with van der Waals surface area (Å²) < 4.78 is 11.9. The highest BCUT2D eigenvalue weighted by atomic mass is 16.5. The van der Waals surface area contributed by atoms with Crippen LogP contribution in [0.4, 0.5) is 0 Å². The van der Waals surface area contributed by atoms with Crippen LogP contribution >= 0.6 is 0 Å². The van der Waals surface area contributed by atoms with Gasteiger partial charge in [-0.3, -0.25) is 14.6 Å². The fourth-order valence-electron chi connectivity index (χ4n) is 4.26. The highest BCUT2D eigenvalue weighted by molar-refractivity contribution is 5.98. The predicted molar refractivity (Wildman–Crippen MR) is 110 cm³/mol. The highest BCUT2D eigenvalue weighted by Crippen LogP contribution is 2.38. The minimum atomic E-state index is -0.971. The summed E-state index contributed by atoms with van der Waals surface area (Å²) in [5, 5.41) is 9.52. The van der Waals surface area contributed by atoms with Gasteiger partial charge in [-0.1, -0.05) is 6.07 Å². The van der Waals surface area contributed by atoms with E-state index in [1.54, 1.807) is 23.2 Å². The predicted octanol–water partition coefficient (Wildman–Crippen LogP) is 3.97. The number of nitrogens with zero attached hydrogens (tertiary/aromatic N) is 2. The van der Waals surface area contributed by atoms with E-state index >= 15 is 0 Å². The molecule has 1 aliphatic carbocycles. The van der Waals surface area contributed by atoms with E-state index in [2.05, 4.69) is 4.98 Å². The number of carboxylic acid groups (broad SMARTS) is 1. The van der Waals surface area contributed by atoms with Gasteiger partial charge in [0, 0.05) is 6.20 Å². The van der Waals surface area contributed by atoms with Crippen LogP contribution < -0.4 is 9.47 Å². The van der Waals surface area contributed by atoms with Crippen LogP contribution in [0.15, 0.2) is 36.5 Å². The zero-order valence-electron chi connectivity index (χ0n) is 17.0. The van der Waals surface area contributed by atoms with Gasteiger partial charge in [0.15, 0.2) is 11.5 Å². The fourth-order valence-corrected chi connectivity index (χ4v) is 4.26. The van der Waals surface area contributed by atoms with Crippen LogP contribution in [0.25, 0.3) is 0 Å². The summed E-state index contributed by atoms with van der Waals surface area (Å²) in [5.74, 6) is 0.0772. The number of aromatic nitrogens is 1.